The molecule has 0 spiro atoms. The number of rotatable bonds is 2. The van der Waals surface area contributed by atoms with Crippen molar-refractivity contribution < 1.29 is 4.74 Å². The maximum atomic E-state index is 5.86. The van der Waals surface area contributed by atoms with Crippen molar-refractivity contribution in [1.82, 2.24) is 4.90 Å². The Hall–Kier alpha value is -0.120. The van der Waals surface area contributed by atoms with Gasteiger partial charge in [-0.3, -0.25) is 0 Å². The number of nitrogens with zero attached hydrogens (tertiary/aromatic N) is 1. The Morgan fingerprint density at radius 2 is 2.00 bits per heavy atom. The van der Waals surface area contributed by atoms with E-state index in [4.69, 9.17) is 10.5 Å². The van der Waals surface area contributed by atoms with Crippen molar-refractivity contribution in [3.63, 3.8) is 0 Å². The number of hydrogen-bond donors (Lipinski definition) is 1. The molecule has 13 heavy (non-hydrogen) atoms. The molecule has 0 aromatic rings. The SMILES string of the molecule is NC1CCN(CC2CCOCC2)C1. The van der Waals surface area contributed by atoms with Crippen LogP contribution in [0, 0.1) is 5.92 Å². The van der Waals surface area contributed by atoms with E-state index in [0.717, 1.165) is 25.7 Å². The molecule has 0 bridgehead atoms. The van der Waals surface area contributed by atoms with Gasteiger partial charge >= 0.3 is 0 Å². The highest BCUT2D eigenvalue weighted by Gasteiger charge is 2.23. The average molecular weight is 184 g/mol. The third-order valence-corrected chi connectivity index (χ3v) is 3.17. The van der Waals surface area contributed by atoms with Crippen LogP contribution in [-0.4, -0.2) is 43.8 Å². The van der Waals surface area contributed by atoms with Gasteiger partial charge in [-0.1, -0.05) is 0 Å². The fourth-order valence-corrected chi connectivity index (χ4v) is 2.32. The van der Waals surface area contributed by atoms with Gasteiger partial charge < -0.3 is 15.4 Å². The smallest absolute Gasteiger partial charge is 0.0469 e. The summed E-state index contributed by atoms with van der Waals surface area (Å²) in [5, 5.41) is 0. The summed E-state index contributed by atoms with van der Waals surface area (Å²) >= 11 is 0. The molecule has 0 saturated carbocycles. The highest BCUT2D eigenvalue weighted by molar-refractivity contribution is 4.80. The van der Waals surface area contributed by atoms with Crippen LogP contribution in [0.15, 0.2) is 0 Å². The standard InChI is InChI=1S/C10H20N2O/c11-10-1-4-12(8-10)7-9-2-5-13-6-3-9/h9-10H,1-8,11H2. The van der Waals surface area contributed by atoms with Crippen LogP contribution in [0.3, 0.4) is 0 Å². The molecule has 3 nitrogen and oxygen atoms in total. The summed E-state index contributed by atoms with van der Waals surface area (Å²) in [6, 6.07) is 0.430. The van der Waals surface area contributed by atoms with Crippen molar-refractivity contribution >= 4 is 0 Å². The summed E-state index contributed by atoms with van der Waals surface area (Å²) in [6.45, 7) is 5.49. The summed E-state index contributed by atoms with van der Waals surface area (Å²) in [4.78, 5) is 2.51. The van der Waals surface area contributed by atoms with E-state index in [9.17, 15) is 0 Å². The summed E-state index contributed by atoms with van der Waals surface area (Å²) in [6.07, 6.45) is 3.67. The van der Waals surface area contributed by atoms with Crippen LogP contribution >= 0.6 is 0 Å². The summed E-state index contributed by atoms with van der Waals surface area (Å²) in [5.74, 6) is 0.860. The monoisotopic (exact) mass is 184 g/mol. The van der Waals surface area contributed by atoms with Gasteiger partial charge in [0.2, 0.25) is 0 Å². The highest BCUT2D eigenvalue weighted by Crippen LogP contribution is 2.18. The van der Waals surface area contributed by atoms with Gasteiger partial charge in [-0.2, -0.15) is 0 Å². The largest absolute Gasteiger partial charge is 0.381 e. The van der Waals surface area contributed by atoms with E-state index in [1.807, 2.05) is 0 Å². The number of nitrogens with two attached hydrogens (primary N) is 1. The van der Waals surface area contributed by atoms with Crippen molar-refractivity contribution in [1.29, 1.82) is 0 Å². The Morgan fingerprint density at radius 3 is 2.62 bits per heavy atom. The Labute approximate surface area is 80.2 Å². The number of likely N-dealkylation sites (tertiary alicyclic amines) is 1. The van der Waals surface area contributed by atoms with Crippen LogP contribution in [0.2, 0.25) is 0 Å². The zero-order chi connectivity index (χ0) is 9.10. The average Bonchev–Trinajstić information content (AvgIpc) is 2.53. The first-order chi connectivity index (χ1) is 6.34. The molecule has 0 radical (unpaired) electrons. The maximum Gasteiger partial charge on any atom is 0.0469 e. The van der Waals surface area contributed by atoms with E-state index in [1.54, 1.807) is 0 Å². The van der Waals surface area contributed by atoms with Crippen LogP contribution in [0.5, 0.6) is 0 Å². The topological polar surface area (TPSA) is 38.5 Å². The fourth-order valence-electron chi connectivity index (χ4n) is 2.32. The molecule has 2 saturated heterocycles. The Kier molecular flexibility index (Phi) is 3.19. The molecule has 2 N–H and O–H groups in total. The molecule has 3 heteroatoms. The van der Waals surface area contributed by atoms with E-state index < -0.39 is 0 Å². The summed E-state index contributed by atoms with van der Waals surface area (Å²) < 4.78 is 5.34. The lowest BCUT2D eigenvalue weighted by Gasteiger charge is -2.26. The molecule has 2 heterocycles. The Balaban J connectivity index is 1.71. The zero-order valence-corrected chi connectivity index (χ0v) is 8.24. The molecule has 2 aliphatic rings. The zero-order valence-electron chi connectivity index (χ0n) is 8.24. The van der Waals surface area contributed by atoms with Gasteiger partial charge in [0.25, 0.3) is 0 Å². The van der Waals surface area contributed by atoms with Crippen molar-refractivity contribution in [2.45, 2.75) is 25.3 Å². The molecule has 0 aliphatic carbocycles. The normalized spacial score (nSPS) is 32.5. The number of hydrogen-bond acceptors (Lipinski definition) is 3. The lowest BCUT2D eigenvalue weighted by molar-refractivity contribution is 0.0554. The molecule has 2 aliphatic heterocycles. The lowest BCUT2D eigenvalue weighted by Crippen LogP contribution is -2.33. The van der Waals surface area contributed by atoms with Gasteiger partial charge in [-0.05, 0) is 31.7 Å². The van der Waals surface area contributed by atoms with Crippen LogP contribution in [0.4, 0.5) is 0 Å². The van der Waals surface area contributed by atoms with Gasteiger partial charge in [0, 0.05) is 32.3 Å². The van der Waals surface area contributed by atoms with Crippen LogP contribution < -0.4 is 5.73 Å². The fraction of sp³-hybridized carbons (Fsp3) is 1.00. The highest BCUT2D eigenvalue weighted by atomic mass is 16.5. The van der Waals surface area contributed by atoms with E-state index in [0.29, 0.717) is 6.04 Å². The second kappa shape index (κ2) is 4.40. The second-order valence-electron chi connectivity index (χ2n) is 4.36. The molecular weight excluding hydrogens is 164 g/mol. The number of ether oxygens (including phenoxy) is 1. The summed E-state index contributed by atoms with van der Waals surface area (Å²) in [5.41, 5.74) is 5.86. The Bertz CT molecular complexity index is 154. The van der Waals surface area contributed by atoms with Crippen LogP contribution in [0.25, 0.3) is 0 Å². The van der Waals surface area contributed by atoms with Gasteiger partial charge in [-0.25, -0.2) is 0 Å². The molecule has 0 aromatic heterocycles. The van der Waals surface area contributed by atoms with Crippen LogP contribution in [0.1, 0.15) is 19.3 Å². The minimum absolute atomic E-state index is 0.430. The van der Waals surface area contributed by atoms with Crippen molar-refractivity contribution in [2.75, 3.05) is 32.8 Å². The minimum Gasteiger partial charge on any atom is -0.381 e. The molecule has 2 fully saturated rings. The van der Waals surface area contributed by atoms with Gasteiger partial charge in [0.05, 0.1) is 0 Å². The van der Waals surface area contributed by atoms with E-state index in [2.05, 4.69) is 4.90 Å². The first-order valence-electron chi connectivity index (χ1n) is 5.40. The molecular formula is C10H20N2O. The first kappa shape index (κ1) is 9.44. The molecule has 1 atom stereocenters. The quantitative estimate of drug-likeness (QED) is 0.677. The molecule has 0 amide bonds. The molecule has 76 valence electrons. The van der Waals surface area contributed by atoms with E-state index >= 15 is 0 Å². The second-order valence-corrected chi connectivity index (χ2v) is 4.36. The molecule has 0 aromatic carbocycles. The van der Waals surface area contributed by atoms with E-state index in [-0.39, 0.29) is 0 Å². The van der Waals surface area contributed by atoms with Crippen molar-refractivity contribution in [2.24, 2.45) is 11.7 Å². The predicted molar refractivity (Wildman–Crippen MR) is 52.6 cm³/mol. The van der Waals surface area contributed by atoms with Crippen LogP contribution in [-0.2, 0) is 4.74 Å². The van der Waals surface area contributed by atoms with E-state index in [1.165, 1.54) is 32.4 Å². The van der Waals surface area contributed by atoms with Gasteiger partial charge in [0.1, 0.15) is 0 Å². The third-order valence-electron chi connectivity index (χ3n) is 3.17. The Morgan fingerprint density at radius 1 is 1.23 bits per heavy atom. The van der Waals surface area contributed by atoms with Crippen molar-refractivity contribution in [3.8, 4) is 0 Å². The molecule has 1 unspecified atom stereocenters. The van der Waals surface area contributed by atoms with Crippen molar-refractivity contribution in [3.05, 3.63) is 0 Å². The minimum atomic E-state index is 0.430. The lowest BCUT2D eigenvalue weighted by atomic mass is 10.00. The summed E-state index contributed by atoms with van der Waals surface area (Å²) in [7, 11) is 0. The predicted octanol–water partition coefficient (Wildman–Crippen LogP) is 0.446. The van der Waals surface area contributed by atoms with Gasteiger partial charge in [0.15, 0.2) is 0 Å². The third kappa shape index (κ3) is 2.66. The first-order valence-corrected chi connectivity index (χ1v) is 5.40. The van der Waals surface area contributed by atoms with Gasteiger partial charge in [-0.15, -0.1) is 0 Å². The maximum absolute atomic E-state index is 5.86. The molecule has 2 rings (SSSR count).